The Morgan fingerprint density at radius 1 is 1.40 bits per heavy atom. The fourth-order valence-corrected chi connectivity index (χ4v) is 3.75. The van der Waals surface area contributed by atoms with Crippen molar-refractivity contribution in [3.63, 3.8) is 0 Å². The minimum Gasteiger partial charge on any atom is -0.385 e. The van der Waals surface area contributed by atoms with E-state index in [4.69, 9.17) is 0 Å². The molecular weight excluding hydrogens is 336 g/mol. The van der Waals surface area contributed by atoms with Gasteiger partial charge in [-0.3, -0.25) is 4.79 Å². The second-order valence-electron chi connectivity index (χ2n) is 4.92. The van der Waals surface area contributed by atoms with Gasteiger partial charge in [0.25, 0.3) is 5.91 Å². The largest absolute Gasteiger partial charge is 0.385 e. The minimum absolute atomic E-state index is 0.0486. The molecule has 2 N–H and O–H groups in total. The SMILES string of the molecule is Cc1cc(C(=O)Nc2ccc3c(c2)CCCN3)sc1Br. The third-order valence-electron chi connectivity index (χ3n) is 3.38. The number of rotatable bonds is 2. The Balaban J connectivity index is 1.79. The van der Waals surface area contributed by atoms with Crippen LogP contribution in [0.4, 0.5) is 11.4 Å². The third kappa shape index (κ3) is 2.74. The number of amides is 1. The fraction of sp³-hybridized carbons (Fsp3) is 0.267. The molecule has 104 valence electrons. The van der Waals surface area contributed by atoms with Gasteiger partial charge in [0, 0.05) is 17.9 Å². The first-order valence-corrected chi connectivity index (χ1v) is 8.18. The van der Waals surface area contributed by atoms with E-state index in [0.717, 1.165) is 39.3 Å². The zero-order valence-electron chi connectivity index (χ0n) is 11.1. The summed E-state index contributed by atoms with van der Waals surface area (Å²) in [4.78, 5) is 12.9. The van der Waals surface area contributed by atoms with Crippen LogP contribution in [0.1, 0.15) is 27.2 Å². The van der Waals surface area contributed by atoms with E-state index in [1.54, 1.807) is 0 Å². The van der Waals surface area contributed by atoms with Gasteiger partial charge >= 0.3 is 0 Å². The summed E-state index contributed by atoms with van der Waals surface area (Å²) in [5.74, 6) is -0.0486. The van der Waals surface area contributed by atoms with Crippen LogP contribution in [0, 0.1) is 6.92 Å². The first-order valence-electron chi connectivity index (χ1n) is 6.57. The maximum Gasteiger partial charge on any atom is 0.265 e. The molecular formula is C15H15BrN2OS. The number of thiophene rings is 1. The number of anilines is 2. The fourth-order valence-electron chi connectivity index (χ4n) is 2.32. The van der Waals surface area contributed by atoms with Gasteiger partial charge in [-0.05, 0) is 71.1 Å². The van der Waals surface area contributed by atoms with E-state index in [9.17, 15) is 4.79 Å². The molecule has 1 amide bonds. The molecule has 1 aromatic heterocycles. The summed E-state index contributed by atoms with van der Waals surface area (Å²) in [5.41, 5.74) is 4.41. The number of carbonyl (C=O) groups is 1. The molecule has 5 heteroatoms. The van der Waals surface area contributed by atoms with Gasteiger partial charge in [-0.15, -0.1) is 11.3 Å². The topological polar surface area (TPSA) is 41.1 Å². The lowest BCUT2D eigenvalue weighted by molar-refractivity contribution is 0.103. The molecule has 0 atom stereocenters. The molecule has 0 bridgehead atoms. The highest BCUT2D eigenvalue weighted by Gasteiger charge is 2.13. The summed E-state index contributed by atoms with van der Waals surface area (Å²) in [6, 6.07) is 7.96. The average Bonchev–Trinajstić information content (AvgIpc) is 2.79. The Morgan fingerprint density at radius 3 is 3.00 bits per heavy atom. The van der Waals surface area contributed by atoms with Gasteiger partial charge in [0.2, 0.25) is 0 Å². The number of nitrogens with one attached hydrogen (secondary N) is 2. The molecule has 3 rings (SSSR count). The van der Waals surface area contributed by atoms with Gasteiger partial charge in [-0.25, -0.2) is 0 Å². The second kappa shape index (κ2) is 5.58. The van der Waals surface area contributed by atoms with E-state index in [1.165, 1.54) is 22.6 Å². The van der Waals surface area contributed by atoms with Crippen molar-refractivity contribution in [3.05, 3.63) is 44.1 Å². The van der Waals surface area contributed by atoms with E-state index in [-0.39, 0.29) is 5.91 Å². The van der Waals surface area contributed by atoms with Gasteiger partial charge in [-0.2, -0.15) is 0 Å². The van der Waals surface area contributed by atoms with Crippen molar-refractivity contribution < 1.29 is 4.79 Å². The van der Waals surface area contributed by atoms with Crippen LogP contribution in [-0.2, 0) is 6.42 Å². The average molecular weight is 351 g/mol. The van der Waals surface area contributed by atoms with Crippen molar-refractivity contribution in [1.82, 2.24) is 0 Å². The van der Waals surface area contributed by atoms with E-state index < -0.39 is 0 Å². The monoisotopic (exact) mass is 350 g/mol. The van der Waals surface area contributed by atoms with Crippen molar-refractivity contribution in [2.75, 3.05) is 17.2 Å². The number of benzene rings is 1. The zero-order chi connectivity index (χ0) is 14.1. The van der Waals surface area contributed by atoms with Crippen molar-refractivity contribution >= 4 is 44.5 Å². The van der Waals surface area contributed by atoms with Crippen molar-refractivity contribution in [3.8, 4) is 0 Å². The summed E-state index contributed by atoms with van der Waals surface area (Å²) in [5, 5.41) is 6.34. The summed E-state index contributed by atoms with van der Waals surface area (Å²) in [6.45, 7) is 3.02. The van der Waals surface area contributed by atoms with Gasteiger partial charge in [-0.1, -0.05) is 0 Å². The number of halogens is 1. The molecule has 1 aliphatic rings. The van der Waals surface area contributed by atoms with Crippen molar-refractivity contribution in [2.45, 2.75) is 19.8 Å². The molecule has 0 aliphatic carbocycles. The van der Waals surface area contributed by atoms with Gasteiger partial charge < -0.3 is 10.6 Å². The molecule has 0 radical (unpaired) electrons. The highest BCUT2D eigenvalue weighted by Crippen LogP contribution is 2.29. The van der Waals surface area contributed by atoms with Crippen LogP contribution in [0.15, 0.2) is 28.1 Å². The molecule has 3 nitrogen and oxygen atoms in total. The van der Waals surface area contributed by atoms with E-state index >= 15 is 0 Å². The van der Waals surface area contributed by atoms with E-state index in [1.807, 2.05) is 25.1 Å². The van der Waals surface area contributed by atoms with Crippen LogP contribution in [-0.4, -0.2) is 12.5 Å². The van der Waals surface area contributed by atoms with Crippen molar-refractivity contribution in [2.24, 2.45) is 0 Å². The molecule has 0 saturated carbocycles. The maximum atomic E-state index is 12.2. The number of aryl methyl sites for hydroxylation is 2. The smallest absolute Gasteiger partial charge is 0.265 e. The molecule has 1 aliphatic heterocycles. The van der Waals surface area contributed by atoms with Crippen LogP contribution in [0.3, 0.4) is 0 Å². The molecule has 1 aromatic carbocycles. The number of fused-ring (bicyclic) bond motifs is 1. The normalized spacial score (nSPS) is 13.5. The Morgan fingerprint density at radius 2 is 2.25 bits per heavy atom. The Bertz CT molecular complexity index is 646. The summed E-state index contributed by atoms with van der Waals surface area (Å²) < 4.78 is 1.01. The molecule has 0 unspecified atom stereocenters. The van der Waals surface area contributed by atoms with E-state index in [2.05, 4.69) is 32.6 Å². The molecule has 0 spiro atoms. The molecule has 20 heavy (non-hydrogen) atoms. The van der Waals surface area contributed by atoms with Crippen LogP contribution in [0.5, 0.6) is 0 Å². The summed E-state index contributed by atoms with van der Waals surface area (Å²) >= 11 is 4.91. The first kappa shape index (κ1) is 13.6. The molecule has 0 fully saturated rings. The quantitative estimate of drug-likeness (QED) is 0.840. The number of hydrogen-bond acceptors (Lipinski definition) is 3. The maximum absolute atomic E-state index is 12.2. The minimum atomic E-state index is -0.0486. The highest BCUT2D eigenvalue weighted by molar-refractivity contribution is 9.11. The zero-order valence-corrected chi connectivity index (χ0v) is 13.5. The third-order valence-corrected chi connectivity index (χ3v) is 5.52. The van der Waals surface area contributed by atoms with Crippen LogP contribution >= 0.6 is 27.3 Å². The standard InChI is InChI=1S/C15H15BrN2OS/c1-9-7-13(20-14(9)16)15(19)18-11-4-5-12-10(8-11)3-2-6-17-12/h4-5,7-8,17H,2-3,6H2,1H3,(H,18,19). The molecule has 0 saturated heterocycles. The van der Waals surface area contributed by atoms with Crippen molar-refractivity contribution in [1.29, 1.82) is 0 Å². The lowest BCUT2D eigenvalue weighted by atomic mass is 10.0. The number of carbonyl (C=O) groups excluding carboxylic acids is 1. The summed E-state index contributed by atoms with van der Waals surface area (Å²) in [7, 11) is 0. The molecule has 2 aromatic rings. The predicted octanol–water partition coefficient (Wildman–Crippen LogP) is 4.43. The predicted molar refractivity (Wildman–Crippen MR) is 88.0 cm³/mol. The lowest BCUT2D eigenvalue weighted by Crippen LogP contribution is -2.14. The Hall–Kier alpha value is -1.33. The second-order valence-corrected chi connectivity index (χ2v) is 7.29. The highest BCUT2D eigenvalue weighted by atomic mass is 79.9. The van der Waals surface area contributed by atoms with Gasteiger partial charge in [0.15, 0.2) is 0 Å². The van der Waals surface area contributed by atoms with Gasteiger partial charge in [0.1, 0.15) is 0 Å². The lowest BCUT2D eigenvalue weighted by Gasteiger charge is -2.18. The Kier molecular flexibility index (Phi) is 3.81. The Labute approximate surface area is 130 Å². The molecule has 2 heterocycles. The number of hydrogen-bond donors (Lipinski definition) is 2. The summed E-state index contributed by atoms with van der Waals surface area (Å²) in [6.07, 6.45) is 2.21. The van der Waals surface area contributed by atoms with Crippen LogP contribution in [0.2, 0.25) is 0 Å². The van der Waals surface area contributed by atoms with E-state index in [0.29, 0.717) is 0 Å². The van der Waals surface area contributed by atoms with Crippen LogP contribution in [0.25, 0.3) is 0 Å². The first-order chi connectivity index (χ1) is 9.63. The van der Waals surface area contributed by atoms with Gasteiger partial charge in [0.05, 0.1) is 8.66 Å². The van der Waals surface area contributed by atoms with Crippen LogP contribution < -0.4 is 10.6 Å².